The number of ether oxygens (including phenoxy) is 2. The average Bonchev–Trinajstić information content (AvgIpc) is 2.66. The van der Waals surface area contributed by atoms with E-state index in [1.54, 1.807) is 26.4 Å². The third-order valence-electron chi connectivity index (χ3n) is 4.55. The largest absolute Gasteiger partial charge is 0.493 e. The lowest BCUT2D eigenvalue weighted by Gasteiger charge is -2.30. The molecule has 1 aliphatic heterocycles. The van der Waals surface area contributed by atoms with Crippen LogP contribution in [0.3, 0.4) is 0 Å². The molecule has 0 bridgehead atoms. The normalized spacial score (nSPS) is 19.9. The van der Waals surface area contributed by atoms with Gasteiger partial charge in [0.15, 0.2) is 17.3 Å². The topological polar surface area (TPSA) is 38.8 Å². The zero-order chi connectivity index (χ0) is 15.7. The second-order valence-electron chi connectivity index (χ2n) is 5.96. The lowest BCUT2D eigenvalue weighted by atomic mass is 9.73. The molecule has 0 fully saturated rings. The van der Waals surface area contributed by atoms with Crippen molar-refractivity contribution >= 4 is 5.78 Å². The first-order valence-electron chi connectivity index (χ1n) is 7.44. The molecule has 22 heavy (non-hydrogen) atoms. The highest BCUT2D eigenvalue weighted by molar-refractivity contribution is 6.00. The lowest BCUT2D eigenvalue weighted by Crippen LogP contribution is -2.26. The van der Waals surface area contributed by atoms with Crippen molar-refractivity contribution in [1.29, 1.82) is 0 Å². The van der Waals surface area contributed by atoms with Crippen molar-refractivity contribution in [2.24, 2.45) is 0 Å². The summed E-state index contributed by atoms with van der Waals surface area (Å²) in [6, 6.07) is 4.10. The average molecular weight is 299 g/mol. The van der Waals surface area contributed by atoms with Crippen molar-refractivity contribution in [3.63, 3.8) is 0 Å². The molecule has 1 spiro atoms. The molecule has 0 saturated heterocycles. The number of benzene rings is 1. The number of hydrogen-bond donors (Lipinski definition) is 0. The monoisotopic (exact) mass is 299 g/mol. The Morgan fingerprint density at radius 3 is 2.36 bits per heavy atom. The smallest absolute Gasteiger partial charge is 0.178 e. The highest BCUT2D eigenvalue weighted by Crippen LogP contribution is 2.43. The van der Waals surface area contributed by atoms with E-state index in [0.717, 1.165) is 31.0 Å². The van der Waals surface area contributed by atoms with Crippen LogP contribution >= 0.6 is 0 Å². The summed E-state index contributed by atoms with van der Waals surface area (Å²) in [5.41, 5.74) is 2.16. The maximum absolute atomic E-state index is 11.5. The molecule has 0 aromatic heterocycles. The number of hydrogen-bond acceptors (Lipinski definition) is 4. The number of carbonyl (C=O) groups excluding carboxylic acids is 1. The van der Waals surface area contributed by atoms with E-state index in [4.69, 9.17) is 9.47 Å². The van der Waals surface area contributed by atoms with Gasteiger partial charge >= 0.3 is 0 Å². The number of carbonyl (C=O) groups is 1. The predicted octanol–water partition coefficient (Wildman–Crippen LogP) is 2.47. The fourth-order valence-electron chi connectivity index (χ4n) is 3.28. The van der Waals surface area contributed by atoms with Crippen molar-refractivity contribution in [3.8, 4) is 11.5 Å². The summed E-state index contributed by atoms with van der Waals surface area (Å²) < 4.78 is 10.9. The summed E-state index contributed by atoms with van der Waals surface area (Å²) in [4.78, 5) is 13.8. The summed E-state index contributed by atoms with van der Waals surface area (Å²) in [5.74, 6) is 1.51. The number of ketones is 1. The molecule has 4 nitrogen and oxygen atoms in total. The van der Waals surface area contributed by atoms with E-state index in [1.165, 1.54) is 11.1 Å². The first-order valence-corrected chi connectivity index (χ1v) is 7.44. The molecule has 3 rings (SSSR count). The zero-order valence-electron chi connectivity index (χ0n) is 13.3. The number of rotatable bonds is 2. The molecule has 4 heteroatoms. The van der Waals surface area contributed by atoms with Gasteiger partial charge in [0.05, 0.1) is 14.2 Å². The molecule has 2 aliphatic rings. The second kappa shape index (κ2) is 5.61. The minimum atomic E-state index is -0.243. The van der Waals surface area contributed by atoms with E-state index in [9.17, 15) is 4.79 Å². The molecule has 1 aromatic carbocycles. The van der Waals surface area contributed by atoms with Crippen molar-refractivity contribution < 1.29 is 14.3 Å². The van der Waals surface area contributed by atoms with Crippen molar-refractivity contribution in [1.82, 2.24) is 4.90 Å². The molecular weight excluding hydrogens is 278 g/mol. The van der Waals surface area contributed by atoms with Gasteiger partial charge in [-0.1, -0.05) is 12.2 Å². The molecule has 116 valence electrons. The van der Waals surface area contributed by atoms with E-state index in [0.29, 0.717) is 0 Å². The minimum Gasteiger partial charge on any atom is -0.493 e. The summed E-state index contributed by atoms with van der Waals surface area (Å²) >= 11 is 0. The van der Waals surface area contributed by atoms with Gasteiger partial charge in [0.2, 0.25) is 0 Å². The summed E-state index contributed by atoms with van der Waals surface area (Å²) in [6.45, 7) is 1.81. The molecule has 0 amide bonds. The van der Waals surface area contributed by atoms with Gasteiger partial charge in [-0.05, 0) is 55.4 Å². The van der Waals surface area contributed by atoms with Crippen LogP contribution in [0.5, 0.6) is 11.5 Å². The van der Waals surface area contributed by atoms with Gasteiger partial charge < -0.3 is 14.4 Å². The summed E-state index contributed by atoms with van der Waals surface area (Å²) in [6.07, 6.45) is 8.34. The molecule has 0 N–H and O–H groups in total. The molecular formula is C18H21NO3. The van der Waals surface area contributed by atoms with Crippen LogP contribution in [0.25, 0.3) is 0 Å². The SMILES string of the molecule is COc1cc2c(cc1OC)C1(C=CC(=O)C=C1)CCN(C)C2. The van der Waals surface area contributed by atoms with E-state index in [-0.39, 0.29) is 11.2 Å². The van der Waals surface area contributed by atoms with Gasteiger partial charge in [0.25, 0.3) is 0 Å². The molecule has 0 unspecified atom stereocenters. The van der Waals surface area contributed by atoms with Crippen LogP contribution in [-0.2, 0) is 16.8 Å². The van der Waals surface area contributed by atoms with Gasteiger partial charge in [0.1, 0.15) is 0 Å². The Morgan fingerprint density at radius 1 is 1.09 bits per heavy atom. The maximum Gasteiger partial charge on any atom is 0.178 e. The predicted molar refractivity (Wildman–Crippen MR) is 85.5 cm³/mol. The standard InChI is InChI=1S/C18H21NO3/c1-19-9-8-18(6-4-14(20)5-7-18)15-11-17(22-3)16(21-2)10-13(15)12-19/h4-7,10-11H,8-9,12H2,1-3H3. The third-order valence-corrected chi connectivity index (χ3v) is 4.55. The van der Waals surface area contributed by atoms with Gasteiger partial charge in [0, 0.05) is 12.0 Å². The maximum atomic E-state index is 11.5. The summed E-state index contributed by atoms with van der Waals surface area (Å²) in [7, 11) is 5.41. The lowest BCUT2D eigenvalue weighted by molar-refractivity contribution is -0.110. The zero-order valence-corrected chi connectivity index (χ0v) is 13.3. The van der Waals surface area contributed by atoms with Gasteiger partial charge in [-0.15, -0.1) is 0 Å². The number of allylic oxidation sites excluding steroid dienone is 4. The van der Waals surface area contributed by atoms with Crippen molar-refractivity contribution in [2.75, 3.05) is 27.8 Å². The van der Waals surface area contributed by atoms with E-state index in [1.807, 2.05) is 12.2 Å². The Labute approximate surface area is 131 Å². The van der Waals surface area contributed by atoms with Crippen LogP contribution < -0.4 is 9.47 Å². The number of methoxy groups -OCH3 is 2. The molecule has 1 aromatic rings. The highest BCUT2D eigenvalue weighted by Gasteiger charge is 2.34. The number of fused-ring (bicyclic) bond motifs is 2. The fraction of sp³-hybridized carbons (Fsp3) is 0.389. The third kappa shape index (κ3) is 2.44. The van der Waals surface area contributed by atoms with Gasteiger partial charge in [-0.3, -0.25) is 4.79 Å². The Morgan fingerprint density at radius 2 is 1.73 bits per heavy atom. The number of nitrogens with zero attached hydrogens (tertiary/aromatic N) is 1. The van der Waals surface area contributed by atoms with Gasteiger partial charge in [-0.2, -0.15) is 0 Å². The van der Waals surface area contributed by atoms with Crippen LogP contribution in [0.1, 0.15) is 17.5 Å². The molecule has 0 radical (unpaired) electrons. The Kier molecular flexibility index (Phi) is 3.79. The van der Waals surface area contributed by atoms with E-state index < -0.39 is 0 Å². The van der Waals surface area contributed by atoms with Gasteiger partial charge in [-0.25, -0.2) is 0 Å². The van der Waals surface area contributed by atoms with Crippen LogP contribution in [-0.4, -0.2) is 38.5 Å². The minimum absolute atomic E-state index is 0.0465. The highest BCUT2D eigenvalue weighted by atomic mass is 16.5. The van der Waals surface area contributed by atoms with Crippen LogP contribution in [0.15, 0.2) is 36.4 Å². The fourth-order valence-corrected chi connectivity index (χ4v) is 3.28. The summed E-state index contributed by atoms with van der Waals surface area (Å²) in [5, 5.41) is 0. The first kappa shape index (κ1) is 14.9. The molecule has 0 saturated carbocycles. The van der Waals surface area contributed by atoms with Crippen LogP contribution in [0, 0.1) is 0 Å². The molecule has 1 heterocycles. The first-order chi connectivity index (χ1) is 10.6. The van der Waals surface area contributed by atoms with E-state index in [2.05, 4.69) is 24.1 Å². The second-order valence-corrected chi connectivity index (χ2v) is 5.96. The Balaban J connectivity index is 2.19. The van der Waals surface area contributed by atoms with Crippen molar-refractivity contribution in [2.45, 2.75) is 18.4 Å². The Hall–Kier alpha value is -2.07. The van der Waals surface area contributed by atoms with Crippen molar-refractivity contribution in [3.05, 3.63) is 47.6 Å². The Bertz CT molecular complexity index is 645. The molecule has 1 aliphatic carbocycles. The van der Waals surface area contributed by atoms with Crippen LogP contribution in [0.2, 0.25) is 0 Å². The molecule has 0 atom stereocenters. The van der Waals surface area contributed by atoms with E-state index >= 15 is 0 Å². The van der Waals surface area contributed by atoms with Crippen LogP contribution in [0.4, 0.5) is 0 Å². The quantitative estimate of drug-likeness (QED) is 0.841.